The van der Waals surface area contributed by atoms with Gasteiger partial charge in [-0.25, -0.2) is 9.59 Å². The molecule has 0 unspecified atom stereocenters. The minimum atomic E-state index is -0.739. The number of likely N-dealkylation sites (N-methyl/N-ethyl adjacent to an activating group) is 1. The minimum absolute atomic E-state index is 0.0370. The van der Waals surface area contributed by atoms with Gasteiger partial charge in [-0.1, -0.05) is 39.0 Å². The summed E-state index contributed by atoms with van der Waals surface area (Å²) in [5.41, 5.74) is 2.28. The van der Waals surface area contributed by atoms with E-state index < -0.39 is 17.9 Å². The van der Waals surface area contributed by atoms with Crippen LogP contribution >= 0.6 is 0 Å². The van der Waals surface area contributed by atoms with Crippen molar-refractivity contribution in [3.8, 4) is 0 Å². The Hall–Kier alpha value is -2.46. The van der Waals surface area contributed by atoms with Crippen LogP contribution in [0.2, 0.25) is 0 Å². The van der Waals surface area contributed by atoms with Gasteiger partial charge in [-0.3, -0.25) is 4.48 Å². The quantitative estimate of drug-likeness (QED) is 0.278. The zero-order valence-electron chi connectivity index (χ0n) is 32.7. The van der Waals surface area contributed by atoms with Crippen molar-refractivity contribution in [2.24, 2.45) is 52.3 Å². The van der Waals surface area contributed by atoms with Crippen molar-refractivity contribution < 1.29 is 38.9 Å². The number of para-hydroxylation sites is 1. The molecule has 1 aromatic carbocycles. The maximum atomic E-state index is 14.5. The molecule has 292 valence electrons. The van der Waals surface area contributed by atoms with E-state index >= 15 is 0 Å². The fraction of sp³-hybridized carbons (Fsp3) is 0.778. The van der Waals surface area contributed by atoms with E-state index in [1.807, 2.05) is 0 Å². The van der Waals surface area contributed by atoms with Crippen LogP contribution in [0.5, 0.6) is 0 Å². The van der Waals surface area contributed by atoms with Crippen molar-refractivity contribution in [3.63, 3.8) is 0 Å². The third-order valence-electron chi connectivity index (χ3n) is 19.8. The molecule has 11 aliphatic rings. The lowest BCUT2D eigenvalue weighted by Gasteiger charge is -2.67. The van der Waals surface area contributed by atoms with E-state index in [1.54, 1.807) is 6.08 Å². The van der Waals surface area contributed by atoms with E-state index in [0.29, 0.717) is 22.9 Å². The Kier molecular flexibility index (Phi) is 7.17. The van der Waals surface area contributed by atoms with Crippen LogP contribution in [0.15, 0.2) is 35.9 Å². The number of rotatable bonds is 5. The van der Waals surface area contributed by atoms with Crippen LogP contribution in [-0.4, -0.2) is 94.1 Å². The standard InChI is InChI=1S/C45H61N2O7/c1-5-27-28-20-34-39-44(32-8-6-7-9-33(32)46(39)4)21-35(38(28)40(44)50)47(34,41(27)51)22-37(49)54-26-12-15-42(2)25(19-26)10-11-31-30(42)13-16-43(3)29(14-17-45(31,43)52)24-18-36(48)53-23-24/h6-9,18,25-31,34-35,38-41,50-52H,5,10-17,19-23H2,1-4H3/q+1/t25-,26-,27-,28-,29+,30+,31+,34-,35-,38-,39-,40-,41+,42-,43+,44-,45-,47+/m0/s1. The maximum absolute atomic E-state index is 14.5. The monoisotopic (exact) mass is 741 g/mol. The Labute approximate surface area is 320 Å². The first-order valence-electron chi connectivity index (χ1n) is 21.7. The van der Waals surface area contributed by atoms with E-state index in [2.05, 4.69) is 57.0 Å². The normalized spacial score (nSPS) is 54.4. The lowest BCUT2D eigenvalue weighted by molar-refractivity contribution is -1.03. The highest BCUT2D eigenvalue weighted by Gasteiger charge is 2.83. The molecule has 9 nitrogen and oxygen atoms in total. The number of quaternary nitrogens is 1. The topological polar surface area (TPSA) is 117 Å². The molecule has 6 heterocycles. The number of anilines is 1. The summed E-state index contributed by atoms with van der Waals surface area (Å²) in [6.45, 7) is 7.48. The van der Waals surface area contributed by atoms with Gasteiger partial charge in [0.15, 0.2) is 12.8 Å². The van der Waals surface area contributed by atoms with Crippen LogP contribution in [0, 0.1) is 52.3 Å². The van der Waals surface area contributed by atoms with Crippen molar-refractivity contribution in [1.29, 1.82) is 0 Å². The van der Waals surface area contributed by atoms with Gasteiger partial charge in [0.25, 0.3) is 0 Å². The molecule has 54 heavy (non-hydrogen) atoms. The summed E-state index contributed by atoms with van der Waals surface area (Å²) in [5.74, 6) is 1.32. The Morgan fingerprint density at radius 2 is 1.83 bits per heavy atom. The van der Waals surface area contributed by atoms with Gasteiger partial charge in [-0.2, -0.15) is 0 Å². The van der Waals surface area contributed by atoms with Crippen LogP contribution in [0.3, 0.4) is 0 Å². The van der Waals surface area contributed by atoms with Crippen molar-refractivity contribution in [3.05, 3.63) is 41.5 Å². The smallest absolute Gasteiger partial charge is 0.362 e. The van der Waals surface area contributed by atoms with Gasteiger partial charge >= 0.3 is 11.9 Å². The number of hydrogen-bond acceptors (Lipinski definition) is 8. The van der Waals surface area contributed by atoms with Gasteiger partial charge in [0, 0.05) is 48.9 Å². The Bertz CT molecular complexity index is 1830. The number of esters is 2. The summed E-state index contributed by atoms with van der Waals surface area (Å²) in [5, 5.41) is 37.5. The molecule has 9 fully saturated rings. The summed E-state index contributed by atoms with van der Waals surface area (Å²) in [6, 6.07) is 8.74. The van der Waals surface area contributed by atoms with Gasteiger partial charge in [0.1, 0.15) is 18.8 Å². The predicted molar refractivity (Wildman–Crippen MR) is 201 cm³/mol. The third-order valence-corrected chi connectivity index (χ3v) is 19.8. The highest BCUT2D eigenvalue weighted by molar-refractivity contribution is 5.85. The zero-order chi connectivity index (χ0) is 37.3. The number of ether oxygens (including phenoxy) is 2. The number of carbonyl (C=O) groups is 2. The Morgan fingerprint density at radius 1 is 1.02 bits per heavy atom. The van der Waals surface area contributed by atoms with E-state index in [1.165, 1.54) is 11.3 Å². The van der Waals surface area contributed by atoms with Crippen molar-refractivity contribution in [2.75, 3.05) is 25.1 Å². The molecule has 0 amide bonds. The van der Waals surface area contributed by atoms with Gasteiger partial charge < -0.3 is 29.7 Å². The summed E-state index contributed by atoms with van der Waals surface area (Å²) >= 11 is 0. The lowest BCUT2D eigenvalue weighted by Crippen LogP contribution is -2.83. The fourth-order valence-corrected chi connectivity index (χ4v) is 17.6. The minimum Gasteiger partial charge on any atom is -0.458 e. The predicted octanol–water partition coefficient (Wildman–Crippen LogP) is 5.24. The Balaban J connectivity index is 0.829. The number of piperidine rings is 4. The van der Waals surface area contributed by atoms with Crippen LogP contribution in [0.4, 0.5) is 5.69 Å². The van der Waals surface area contributed by atoms with Crippen LogP contribution < -0.4 is 4.90 Å². The molecular weight excluding hydrogens is 681 g/mol. The van der Waals surface area contributed by atoms with Crippen molar-refractivity contribution in [2.45, 2.75) is 145 Å². The average molecular weight is 742 g/mol. The molecule has 4 saturated heterocycles. The van der Waals surface area contributed by atoms with Gasteiger partial charge in [0.05, 0.1) is 29.2 Å². The largest absolute Gasteiger partial charge is 0.458 e. The highest BCUT2D eigenvalue weighted by atomic mass is 16.5. The number of benzene rings is 1. The first kappa shape index (κ1) is 34.8. The second kappa shape index (κ2) is 11.1. The Morgan fingerprint density at radius 3 is 2.61 bits per heavy atom. The molecule has 0 aromatic heterocycles. The molecule has 5 aliphatic carbocycles. The maximum Gasteiger partial charge on any atom is 0.362 e. The average Bonchev–Trinajstić information content (AvgIpc) is 3.83. The number of cyclic esters (lactones) is 1. The number of aliphatic hydroxyl groups is 3. The number of fused-ring (bicyclic) bond motifs is 7. The zero-order valence-corrected chi connectivity index (χ0v) is 32.7. The summed E-state index contributed by atoms with van der Waals surface area (Å²) in [7, 11) is 2.17. The van der Waals surface area contributed by atoms with E-state index in [9.17, 15) is 24.9 Å². The van der Waals surface area contributed by atoms with Crippen molar-refractivity contribution in [1.82, 2.24) is 0 Å². The first-order chi connectivity index (χ1) is 25.8. The van der Waals surface area contributed by atoms with Crippen LogP contribution in [-0.2, 0) is 24.5 Å². The molecule has 9 heteroatoms. The molecule has 1 aromatic rings. The first-order valence-corrected chi connectivity index (χ1v) is 21.7. The van der Waals surface area contributed by atoms with Gasteiger partial charge in [-0.15, -0.1) is 0 Å². The number of nitrogens with zero attached hydrogens (tertiary/aromatic N) is 2. The van der Waals surface area contributed by atoms with Crippen LogP contribution in [0.1, 0.15) is 103 Å². The van der Waals surface area contributed by atoms with E-state index in [0.717, 1.165) is 82.6 Å². The van der Waals surface area contributed by atoms with Gasteiger partial charge in [0.2, 0.25) is 0 Å². The lowest BCUT2D eigenvalue weighted by atomic mass is 9.43. The second-order valence-corrected chi connectivity index (χ2v) is 20.7. The molecule has 1 spiro atoms. The molecular formula is C45H61N2O7+. The summed E-state index contributed by atoms with van der Waals surface area (Å²) in [6.07, 6.45) is 11.5. The fourth-order valence-electron chi connectivity index (χ4n) is 17.6. The highest BCUT2D eigenvalue weighted by Crippen LogP contribution is 2.73. The number of hydrogen-bond donors (Lipinski definition) is 3. The molecule has 0 radical (unpaired) electrons. The molecule has 12 rings (SSSR count). The molecule has 5 bridgehead atoms. The summed E-state index contributed by atoms with van der Waals surface area (Å²) in [4.78, 5) is 28.8. The summed E-state index contributed by atoms with van der Waals surface area (Å²) < 4.78 is 12.3. The third kappa shape index (κ3) is 3.88. The molecule has 3 N–H and O–H groups in total. The van der Waals surface area contributed by atoms with Crippen molar-refractivity contribution >= 4 is 17.6 Å². The molecule has 18 atom stereocenters. The van der Waals surface area contributed by atoms with E-state index in [4.69, 9.17) is 9.47 Å². The SMILES string of the molecule is CC[C@H]1[C@@H]2C[C@H]3[C@@H]4N(C)c5ccccc5[C@@]45C[C@@H]([C@H]2[C@@H]5O)[N@+]3(CC(=O)O[C@H]2CC[C@@]3(C)[C@@H](CC[C@@H]4[C@H]3CC[C@]3(C)[C@@H](C5=CC(=O)OC5)CC[C@]43O)C2)[C@@H]1O. The van der Waals surface area contributed by atoms with Gasteiger partial charge in [-0.05, 0) is 116 Å². The second-order valence-electron chi connectivity index (χ2n) is 20.7. The number of aliphatic hydroxyl groups excluding tert-OH is 2. The van der Waals surface area contributed by atoms with E-state index in [-0.39, 0.29) is 88.5 Å². The molecule has 6 aliphatic heterocycles. The van der Waals surface area contributed by atoms with Crippen LogP contribution in [0.25, 0.3) is 0 Å². The molecule has 5 saturated carbocycles. The number of carbonyl (C=O) groups excluding carboxylic acids is 2.